The minimum absolute atomic E-state index is 0.160. The Kier molecular flexibility index (Phi) is 2.49. The zero-order chi connectivity index (χ0) is 10.1. The minimum atomic E-state index is 0.160. The summed E-state index contributed by atoms with van der Waals surface area (Å²) in [5.41, 5.74) is 7.45. The van der Waals surface area contributed by atoms with Crippen LogP contribution in [0.4, 0.5) is 5.69 Å². The Morgan fingerprint density at radius 3 is 3.00 bits per heavy atom. The Morgan fingerprint density at radius 2 is 2.29 bits per heavy atom. The van der Waals surface area contributed by atoms with E-state index in [4.69, 9.17) is 29.6 Å². The molecule has 3 N–H and O–H groups in total. The lowest BCUT2D eigenvalue weighted by atomic mass is 10.2. The van der Waals surface area contributed by atoms with Crippen LogP contribution in [0, 0.1) is 0 Å². The number of hydrogen-bond acceptors (Lipinski definition) is 4. The third-order valence-corrected chi connectivity index (χ3v) is 2.58. The molecule has 0 spiro atoms. The van der Waals surface area contributed by atoms with Gasteiger partial charge in [-0.1, -0.05) is 11.6 Å². The van der Waals surface area contributed by atoms with E-state index >= 15 is 0 Å². The van der Waals surface area contributed by atoms with Crippen molar-refractivity contribution >= 4 is 57.4 Å². The van der Waals surface area contributed by atoms with Crippen LogP contribution in [-0.4, -0.2) is 13.9 Å². The van der Waals surface area contributed by atoms with Crippen molar-refractivity contribution in [3.8, 4) is 0 Å². The van der Waals surface area contributed by atoms with Crippen molar-refractivity contribution in [1.29, 1.82) is 0 Å². The molecule has 0 atom stereocenters. The fourth-order valence-electron chi connectivity index (χ4n) is 1.07. The number of rotatable bonds is 1. The van der Waals surface area contributed by atoms with Gasteiger partial charge in [-0.2, -0.15) is 8.75 Å². The number of fused-ring (bicyclic) bond motifs is 1. The second-order valence-corrected chi connectivity index (χ2v) is 3.92. The molecule has 7 heteroatoms. The highest BCUT2D eigenvalue weighted by Crippen LogP contribution is 2.29. The number of benzene rings is 1. The molecular weight excluding hydrogens is 240 g/mol. The van der Waals surface area contributed by atoms with E-state index in [0.717, 1.165) is 17.2 Å². The molecule has 2 rings (SSSR count). The van der Waals surface area contributed by atoms with Crippen molar-refractivity contribution in [3.63, 3.8) is 0 Å². The zero-order valence-electron chi connectivity index (χ0n) is 6.82. The summed E-state index contributed by atoms with van der Waals surface area (Å²) in [5.74, 6) is 0. The Morgan fingerprint density at radius 1 is 1.50 bits per heavy atom. The Hall–Kier alpha value is -0.980. The largest absolute Gasteiger partial charge is 0.376 e. The quantitative estimate of drug-likeness (QED) is 0.752. The standard InChI is InChI=1S/C7H5ClN4S2/c8-3-1-2-4-6(12-14-11-4)5(3)10-7(9)13/h1-2H,(H3,9,10,13). The molecule has 0 bridgehead atoms. The molecule has 1 heterocycles. The van der Waals surface area contributed by atoms with Crippen LogP contribution in [0.1, 0.15) is 0 Å². The van der Waals surface area contributed by atoms with Crippen LogP contribution in [0.25, 0.3) is 11.0 Å². The van der Waals surface area contributed by atoms with Gasteiger partial charge in [-0.05, 0) is 24.4 Å². The van der Waals surface area contributed by atoms with Crippen LogP contribution in [-0.2, 0) is 0 Å². The van der Waals surface area contributed by atoms with Crippen molar-refractivity contribution in [3.05, 3.63) is 17.2 Å². The molecule has 1 aromatic carbocycles. The van der Waals surface area contributed by atoms with Gasteiger partial charge in [-0.15, -0.1) is 0 Å². The van der Waals surface area contributed by atoms with Gasteiger partial charge >= 0.3 is 0 Å². The highest BCUT2D eigenvalue weighted by atomic mass is 35.5. The van der Waals surface area contributed by atoms with Gasteiger partial charge in [0.1, 0.15) is 11.0 Å². The maximum Gasteiger partial charge on any atom is 0.168 e. The highest BCUT2D eigenvalue weighted by molar-refractivity contribution is 7.80. The topological polar surface area (TPSA) is 63.8 Å². The van der Waals surface area contributed by atoms with Crippen LogP contribution in [0.2, 0.25) is 5.02 Å². The number of nitrogens with one attached hydrogen (secondary N) is 1. The summed E-state index contributed by atoms with van der Waals surface area (Å²) in [5, 5.41) is 3.47. The molecule has 72 valence electrons. The average molecular weight is 245 g/mol. The van der Waals surface area contributed by atoms with E-state index in [1.54, 1.807) is 12.1 Å². The van der Waals surface area contributed by atoms with Gasteiger partial charge in [-0.25, -0.2) is 0 Å². The van der Waals surface area contributed by atoms with Crippen molar-refractivity contribution in [2.75, 3.05) is 5.32 Å². The first-order valence-corrected chi connectivity index (χ1v) is 5.17. The molecule has 0 saturated heterocycles. The second-order valence-electron chi connectivity index (χ2n) is 2.54. The predicted molar refractivity (Wildman–Crippen MR) is 62.8 cm³/mol. The number of nitrogens with zero attached hydrogens (tertiary/aromatic N) is 2. The van der Waals surface area contributed by atoms with Crippen LogP contribution >= 0.6 is 35.5 Å². The van der Waals surface area contributed by atoms with Crippen LogP contribution in [0.3, 0.4) is 0 Å². The van der Waals surface area contributed by atoms with E-state index < -0.39 is 0 Å². The predicted octanol–water partition coefficient (Wildman–Crippen LogP) is 2.00. The third kappa shape index (κ3) is 1.63. The monoisotopic (exact) mass is 244 g/mol. The molecule has 0 unspecified atom stereocenters. The summed E-state index contributed by atoms with van der Waals surface area (Å²) in [6.07, 6.45) is 0. The van der Waals surface area contributed by atoms with Crippen LogP contribution < -0.4 is 11.1 Å². The maximum absolute atomic E-state index is 5.96. The van der Waals surface area contributed by atoms with Crippen molar-refractivity contribution in [1.82, 2.24) is 8.75 Å². The van der Waals surface area contributed by atoms with E-state index in [0.29, 0.717) is 16.2 Å². The summed E-state index contributed by atoms with van der Waals surface area (Å²) < 4.78 is 8.18. The zero-order valence-corrected chi connectivity index (χ0v) is 9.21. The van der Waals surface area contributed by atoms with Crippen molar-refractivity contribution in [2.24, 2.45) is 5.73 Å². The molecule has 0 aliphatic carbocycles. The fraction of sp³-hybridized carbons (Fsp3) is 0. The SMILES string of the molecule is NC(=S)Nc1c(Cl)ccc2nsnc12. The summed E-state index contributed by atoms with van der Waals surface area (Å²) in [4.78, 5) is 0. The average Bonchev–Trinajstić information content (AvgIpc) is 2.57. The summed E-state index contributed by atoms with van der Waals surface area (Å²) in [6, 6.07) is 3.53. The lowest BCUT2D eigenvalue weighted by molar-refractivity contribution is 1.59. The summed E-state index contributed by atoms with van der Waals surface area (Å²) in [6.45, 7) is 0. The van der Waals surface area contributed by atoms with Gasteiger partial charge in [0.05, 0.1) is 22.4 Å². The Bertz CT molecular complexity index is 495. The number of aromatic nitrogens is 2. The molecular formula is C7H5ClN4S2. The molecule has 4 nitrogen and oxygen atoms in total. The summed E-state index contributed by atoms with van der Waals surface area (Å²) in [7, 11) is 0. The smallest absolute Gasteiger partial charge is 0.168 e. The molecule has 2 aromatic rings. The number of anilines is 1. The van der Waals surface area contributed by atoms with E-state index in [1.165, 1.54) is 0 Å². The van der Waals surface area contributed by atoms with E-state index in [2.05, 4.69) is 14.1 Å². The van der Waals surface area contributed by atoms with Crippen molar-refractivity contribution in [2.45, 2.75) is 0 Å². The number of thiocarbonyl (C=S) groups is 1. The molecule has 0 amide bonds. The number of halogens is 1. The molecule has 0 aliphatic heterocycles. The van der Waals surface area contributed by atoms with Crippen LogP contribution in [0.15, 0.2) is 12.1 Å². The summed E-state index contributed by atoms with van der Waals surface area (Å²) >= 11 is 11.8. The molecule has 0 aliphatic rings. The first-order valence-electron chi connectivity index (χ1n) is 3.65. The first kappa shape index (κ1) is 9.57. The van der Waals surface area contributed by atoms with E-state index in [1.807, 2.05) is 0 Å². The van der Waals surface area contributed by atoms with Gasteiger partial charge in [0.2, 0.25) is 0 Å². The Balaban J connectivity index is 2.64. The van der Waals surface area contributed by atoms with Gasteiger partial charge in [0.15, 0.2) is 5.11 Å². The lowest BCUT2D eigenvalue weighted by Gasteiger charge is -2.05. The second kappa shape index (κ2) is 3.64. The number of hydrogen-bond donors (Lipinski definition) is 2. The first-order chi connectivity index (χ1) is 6.68. The highest BCUT2D eigenvalue weighted by Gasteiger charge is 2.09. The fourth-order valence-corrected chi connectivity index (χ4v) is 1.91. The molecule has 0 fully saturated rings. The number of nitrogens with two attached hydrogens (primary N) is 1. The Labute approximate surface area is 94.4 Å². The van der Waals surface area contributed by atoms with E-state index in [-0.39, 0.29) is 5.11 Å². The van der Waals surface area contributed by atoms with E-state index in [9.17, 15) is 0 Å². The molecule has 0 saturated carbocycles. The van der Waals surface area contributed by atoms with Gasteiger partial charge in [-0.3, -0.25) is 0 Å². The minimum Gasteiger partial charge on any atom is -0.376 e. The van der Waals surface area contributed by atoms with Crippen molar-refractivity contribution < 1.29 is 0 Å². The van der Waals surface area contributed by atoms with Gasteiger partial charge in [0.25, 0.3) is 0 Å². The molecule has 0 radical (unpaired) electrons. The normalized spacial score (nSPS) is 10.4. The molecule has 1 aromatic heterocycles. The van der Waals surface area contributed by atoms with Gasteiger partial charge in [0, 0.05) is 0 Å². The maximum atomic E-state index is 5.96. The third-order valence-electron chi connectivity index (χ3n) is 1.63. The molecule has 14 heavy (non-hydrogen) atoms. The lowest BCUT2D eigenvalue weighted by Crippen LogP contribution is -2.19. The van der Waals surface area contributed by atoms with Crippen LogP contribution in [0.5, 0.6) is 0 Å². The van der Waals surface area contributed by atoms with Gasteiger partial charge < -0.3 is 11.1 Å².